The molecule has 0 saturated heterocycles. The molecule has 1 aliphatic rings. The number of rotatable bonds is 2. The second-order valence-corrected chi connectivity index (χ2v) is 9.06. The van der Waals surface area contributed by atoms with Crippen molar-refractivity contribution in [1.82, 2.24) is 0 Å². The van der Waals surface area contributed by atoms with Gasteiger partial charge in [-0.1, -0.05) is 19.9 Å². The van der Waals surface area contributed by atoms with Crippen molar-refractivity contribution < 1.29 is 25.9 Å². The minimum atomic E-state index is -4.69. The Bertz CT molecular complexity index is 1130. The summed E-state index contributed by atoms with van der Waals surface area (Å²) in [5.41, 5.74) is 1.48. The lowest BCUT2D eigenvalue weighted by atomic mass is 9.80. The van der Waals surface area contributed by atoms with E-state index >= 15 is 0 Å². The van der Waals surface area contributed by atoms with Gasteiger partial charge in [-0.2, -0.15) is 16.8 Å². The molecule has 7 nitrogen and oxygen atoms in total. The molecule has 0 fully saturated rings. The van der Waals surface area contributed by atoms with Gasteiger partial charge in [0, 0.05) is 16.5 Å². The molecule has 0 saturated carbocycles. The largest absolute Gasteiger partial charge is 0.295 e. The van der Waals surface area contributed by atoms with Crippen LogP contribution >= 0.6 is 0 Å². The first-order chi connectivity index (χ1) is 10.8. The molecule has 24 heavy (non-hydrogen) atoms. The van der Waals surface area contributed by atoms with Gasteiger partial charge in [0.25, 0.3) is 20.2 Å². The lowest BCUT2D eigenvalue weighted by molar-refractivity contribution is 0.482. The average molecular weight is 369 g/mol. The molecule has 2 N–H and O–H groups in total. The fourth-order valence-corrected chi connectivity index (χ4v) is 4.32. The highest BCUT2D eigenvalue weighted by molar-refractivity contribution is 7.86. The average Bonchev–Trinajstić information content (AvgIpc) is 2.66. The van der Waals surface area contributed by atoms with Crippen LogP contribution < -0.4 is 0 Å². The van der Waals surface area contributed by atoms with E-state index in [0.29, 0.717) is 16.6 Å². The van der Waals surface area contributed by atoms with Gasteiger partial charge in [0.2, 0.25) is 0 Å². The summed E-state index contributed by atoms with van der Waals surface area (Å²) in [6.07, 6.45) is 0. The lowest BCUT2D eigenvalue weighted by Crippen LogP contribution is -2.23. The Hall–Kier alpha value is -1.81. The third-order valence-electron chi connectivity index (χ3n) is 4.44. The Labute approximate surface area is 139 Å². The molecule has 1 aliphatic heterocycles. The first-order valence-electron chi connectivity index (χ1n) is 6.95. The first-order valence-corrected chi connectivity index (χ1v) is 9.83. The summed E-state index contributed by atoms with van der Waals surface area (Å²) in [6.45, 7) is 5.58. The van der Waals surface area contributed by atoms with Gasteiger partial charge < -0.3 is 0 Å². The molecule has 3 rings (SSSR count). The van der Waals surface area contributed by atoms with Crippen molar-refractivity contribution in [1.29, 1.82) is 0 Å². The highest BCUT2D eigenvalue weighted by Gasteiger charge is 2.35. The number of benzene rings is 2. The van der Waals surface area contributed by atoms with Crippen LogP contribution in [0.25, 0.3) is 10.8 Å². The fraction of sp³-hybridized carbons (Fsp3) is 0.267. The Morgan fingerprint density at radius 3 is 2.12 bits per heavy atom. The smallest absolute Gasteiger partial charge is 0.282 e. The van der Waals surface area contributed by atoms with Crippen molar-refractivity contribution >= 4 is 42.4 Å². The van der Waals surface area contributed by atoms with Gasteiger partial charge in [-0.15, -0.1) is 0 Å². The molecule has 128 valence electrons. The van der Waals surface area contributed by atoms with E-state index in [4.69, 9.17) is 0 Å². The van der Waals surface area contributed by atoms with Crippen LogP contribution in [-0.2, 0) is 25.7 Å². The van der Waals surface area contributed by atoms with Gasteiger partial charge >= 0.3 is 0 Å². The van der Waals surface area contributed by atoms with Gasteiger partial charge in [-0.25, -0.2) is 0 Å². The molecule has 0 amide bonds. The molecule has 2 aromatic rings. The number of aliphatic imine (C=N–C) groups is 1. The maximum absolute atomic E-state index is 11.7. The lowest BCUT2D eigenvalue weighted by Gasteiger charge is -2.22. The van der Waals surface area contributed by atoms with Crippen molar-refractivity contribution in [2.75, 3.05) is 0 Å². The molecule has 0 spiro atoms. The van der Waals surface area contributed by atoms with Crippen LogP contribution in [0.1, 0.15) is 26.3 Å². The standard InChI is InChI=1S/C15H15NO6S2/c1-8-15(2,3)14-11-6-9(23(17,18)19)7-13(24(20,21)22)10(11)4-5-12(14)16-8/h4-7H,1-3H3,(H,17,18,19)(H,20,21,22). The van der Waals surface area contributed by atoms with Crippen LogP contribution in [0.15, 0.2) is 39.0 Å². The van der Waals surface area contributed by atoms with Crippen molar-refractivity contribution in [3.8, 4) is 0 Å². The summed E-state index contributed by atoms with van der Waals surface area (Å²) in [7, 11) is -9.35. The summed E-state index contributed by atoms with van der Waals surface area (Å²) >= 11 is 0. The molecule has 0 radical (unpaired) electrons. The molecular weight excluding hydrogens is 354 g/mol. The fourth-order valence-electron chi connectivity index (χ4n) is 2.98. The molecule has 0 aromatic heterocycles. The topological polar surface area (TPSA) is 121 Å². The van der Waals surface area contributed by atoms with E-state index in [1.807, 2.05) is 20.8 Å². The highest BCUT2D eigenvalue weighted by Crippen LogP contribution is 2.45. The van der Waals surface area contributed by atoms with E-state index in [1.54, 1.807) is 6.07 Å². The molecule has 0 atom stereocenters. The third kappa shape index (κ3) is 2.44. The molecule has 9 heteroatoms. The van der Waals surface area contributed by atoms with Crippen molar-refractivity contribution in [2.45, 2.75) is 36.0 Å². The van der Waals surface area contributed by atoms with Gasteiger partial charge in [0.05, 0.1) is 10.6 Å². The maximum Gasteiger partial charge on any atom is 0.295 e. The van der Waals surface area contributed by atoms with E-state index in [0.717, 1.165) is 11.8 Å². The molecular formula is C15H15NO6S2. The van der Waals surface area contributed by atoms with Crippen LogP contribution in [0.3, 0.4) is 0 Å². The monoisotopic (exact) mass is 369 g/mol. The number of hydrogen-bond donors (Lipinski definition) is 2. The summed E-state index contributed by atoms with van der Waals surface area (Å²) < 4.78 is 65.3. The molecule has 0 bridgehead atoms. The number of fused-ring (bicyclic) bond motifs is 3. The summed E-state index contributed by atoms with van der Waals surface area (Å²) in [5, 5.41) is 0.475. The SMILES string of the molecule is CC1=Nc2ccc3c(S(=O)(=O)O)cc(S(=O)(=O)O)cc3c2C1(C)C. The molecule has 0 unspecified atom stereocenters. The second-order valence-electron chi connectivity index (χ2n) is 6.25. The first kappa shape index (κ1) is 17.0. The molecule has 1 heterocycles. The predicted octanol–water partition coefficient (Wildman–Crippen LogP) is 2.72. The Balaban J connectivity index is 2.57. The minimum absolute atomic E-state index is 0.168. The molecule has 0 aliphatic carbocycles. The van der Waals surface area contributed by atoms with Gasteiger partial charge in [0.1, 0.15) is 4.90 Å². The van der Waals surface area contributed by atoms with E-state index in [2.05, 4.69) is 4.99 Å². The van der Waals surface area contributed by atoms with Crippen LogP contribution in [0.2, 0.25) is 0 Å². The van der Waals surface area contributed by atoms with Crippen LogP contribution in [-0.4, -0.2) is 31.7 Å². The number of hydrogen-bond acceptors (Lipinski definition) is 5. The zero-order valence-corrected chi connectivity index (χ0v) is 14.7. The minimum Gasteiger partial charge on any atom is -0.282 e. The van der Waals surface area contributed by atoms with Gasteiger partial charge in [0.15, 0.2) is 0 Å². The summed E-state index contributed by atoms with van der Waals surface area (Å²) in [6, 6.07) is 5.03. The van der Waals surface area contributed by atoms with Gasteiger partial charge in [-0.3, -0.25) is 14.1 Å². The zero-order valence-electron chi connectivity index (χ0n) is 13.1. The summed E-state index contributed by atoms with van der Waals surface area (Å²) in [5.74, 6) is 0. The zero-order chi connectivity index (χ0) is 18.1. The normalized spacial score (nSPS) is 17.0. The Morgan fingerprint density at radius 2 is 1.58 bits per heavy atom. The van der Waals surface area contributed by atoms with E-state index in [9.17, 15) is 25.9 Å². The van der Waals surface area contributed by atoms with Crippen LogP contribution in [0.4, 0.5) is 5.69 Å². The Morgan fingerprint density at radius 1 is 0.958 bits per heavy atom. The van der Waals surface area contributed by atoms with Crippen LogP contribution in [0, 0.1) is 0 Å². The second kappa shape index (κ2) is 4.85. The molecule has 2 aromatic carbocycles. The highest BCUT2D eigenvalue weighted by atomic mass is 32.2. The van der Waals surface area contributed by atoms with Crippen LogP contribution in [0.5, 0.6) is 0 Å². The van der Waals surface area contributed by atoms with Crippen molar-refractivity contribution in [3.63, 3.8) is 0 Å². The van der Waals surface area contributed by atoms with Crippen molar-refractivity contribution in [2.24, 2.45) is 4.99 Å². The van der Waals surface area contributed by atoms with E-state index in [-0.39, 0.29) is 5.39 Å². The summed E-state index contributed by atoms with van der Waals surface area (Å²) in [4.78, 5) is 3.26. The third-order valence-corrected chi connectivity index (χ3v) is 6.17. The van der Waals surface area contributed by atoms with Crippen molar-refractivity contribution in [3.05, 3.63) is 29.8 Å². The Kier molecular flexibility index (Phi) is 3.44. The van der Waals surface area contributed by atoms with E-state index in [1.165, 1.54) is 12.1 Å². The quantitative estimate of drug-likeness (QED) is 0.785. The number of nitrogens with zero attached hydrogens (tertiary/aromatic N) is 1. The van der Waals surface area contributed by atoms with Gasteiger partial charge in [-0.05, 0) is 36.1 Å². The predicted molar refractivity (Wildman–Crippen MR) is 89.4 cm³/mol. The maximum atomic E-state index is 11.7. The van der Waals surface area contributed by atoms with E-state index < -0.39 is 35.4 Å².